The Morgan fingerprint density at radius 3 is 2.56 bits per heavy atom. The van der Waals surface area contributed by atoms with Crippen LogP contribution in [0.15, 0.2) is 48.7 Å². The van der Waals surface area contributed by atoms with Crippen molar-refractivity contribution in [3.8, 4) is 5.69 Å². The van der Waals surface area contributed by atoms with Crippen LogP contribution < -0.4 is 5.32 Å². The molecule has 8 heteroatoms. The summed E-state index contributed by atoms with van der Waals surface area (Å²) in [5.74, 6) is 0. The van der Waals surface area contributed by atoms with Gasteiger partial charge in [-0.25, -0.2) is 0 Å². The predicted octanol–water partition coefficient (Wildman–Crippen LogP) is 5.33. The first-order valence-electron chi connectivity index (χ1n) is 10.5. The van der Waals surface area contributed by atoms with Crippen LogP contribution in [0.2, 0.25) is 10.0 Å². The Morgan fingerprint density at radius 1 is 1.12 bits per heavy atom. The number of rotatable bonds is 6. The summed E-state index contributed by atoms with van der Waals surface area (Å²) in [6.45, 7) is 5.95. The summed E-state index contributed by atoms with van der Waals surface area (Å²) in [6, 6.07) is 13.8. The first-order valence-corrected chi connectivity index (χ1v) is 11.7. The van der Waals surface area contributed by atoms with Crippen LogP contribution in [0.25, 0.3) is 5.69 Å². The van der Waals surface area contributed by atoms with Crippen molar-refractivity contribution in [3.63, 3.8) is 0 Å². The Hall–Kier alpha value is -2.12. The van der Waals surface area contributed by atoms with E-state index in [-0.39, 0.29) is 12.1 Å². The van der Waals surface area contributed by atoms with Gasteiger partial charge >= 0.3 is 0 Å². The highest BCUT2D eigenvalue weighted by Gasteiger charge is 2.41. The number of nitrogens with one attached hydrogen (secondary N) is 1. The fraction of sp³-hybridized carbons (Fsp3) is 0.333. The van der Waals surface area contributed by atoms with Crippen molar-refractivity contribution in [1.82, 2.24) is 24.7 Å². The van der Waals surface area contributed by atoms with Gasteiger partial charge in [-0.2, -0.15) is 0 Å². The molecule has 1 aliphatic rings. The van der Waals surface area contributed by atoms with Gasteiger partial charge in [0, 0.05) is 35.7 Å². The van der Waals surface area contributed by atoms with Gasteiger partial charge in [0.15, 0.2) is 5.11 Å². The minimum absolute atomic E-state index is 0.0170. The number of benzene rings is 1. The molecule has 1 fully saturated rings. The standard InChI is InChI=1S/C24H27Cl2N5S/c1-15-13-18(16(2)31(15)21-9-8-17(25)14-19(21)26)23-22(20-7-5-6-10-27-20)28-24(32)30(23)12-11-29(3)4/h5-10,13-14,22-23H,11-12H2,1-4H3,(H,28,32)/t22-,23+/m1/s1. The van der Waals surface area contributed by atoms with E-state index in [2.05, 4.69) is 64.7 Å². The number of likely N-dealkylation sites (N-methyl/N-ethyl adjacent to an activating group) is 1. The molecular formula is C24H27Cl2N5S. The Labute approximate surface area is 204 Å². The van der Waals surface area contributed by atoms with Gasteiger partial charge in [-0.15, -0.1) is 0 Å². The number of aromatic nitrogens is 2. The van der Waals surface area contributed by atoms with Crippen LogP contribution in [-0.2, 0) is 0 Å². The maximum Gasteiger partial charge on any atom is 0.170 e. The van der Waals surface area contributed by atoms with E-state index < -0.39 is 0 Å². The highest BCUT2D eigenvalue weighted by atomic mass is 35.5. The number of hydrogen-bond acceptors (Lipinski definition) is 3. The lowest BCUT2D eigenvalue weighted by molar-refractivity contribution is 0.277. The van der Waals surface area contributed by atoms with Crippen molar-refractivity contribution in [2.75, 3.05) is 27.2 Å². The van der Waals surface area contributed by atoms with Crippen LogP contribution >= 0.6 is 35.4 Å². The number of halogens is 2. The smallest absolute Gasteiger partial charge is 0.170 e. The van der Waals surface area contributed by atoms with Gasteiger partial charge in [0.25, 0.3) is 0 Å². The second kappa shape index (κ2) is 9.40. The number of pyridine rings is 1. The van der Waals surface area contributed by atoms with E-state index in [0.717, 1.165) is 41.0 Å². The van der Waals surface area contributed by atoms with E-state index in [9.17, 15) is 0 Å². The zero-order valence-corrected chi connectivity index (χ0v) is 21.0. The average molecular weight is 488 g/mol. The van der Waals surface area contributed by atoms with Crippen LogP contribution in [0.3, 0.4) is 0 Å². The quantitative estimate of drug-likeness (QED) is 0.475. The molecule has 0 bridgehead atoms. The number of nitrogens with zero attached hydrogens (tertiary/aromatic N) is 4. The Balaban J connectivity index is 1.82. The van der Waals surface area contributed by atoms with Crippen LogP contribution in [0.5, 0.6) is 0 Å². The number of thiocarbonyl (C=S) groups is 1. The maximum absolute atomic E-state index is 6.57. The van der Waals surface area contributed by atoms with Crippen molar-refractivity contribution in [2.45, 2.75) is 25.9 Å². The summed E-state index contributed by atoms with van der Waals surface area (Å²) in [7, 11) is 4.15. The van der Waals surface area contributed by atoms with E-state index in [1.54, 1.807) is 6.07 Å². The van der Waals surface area contributed by atoms with E-state index in [1.807, 2.05) is 30.5 Å². The minimum atomic E-state index is -0.0412. The molecule has 5 nitrogen and oxygen atoms in total. The monoisotopic (exact) mass is 487 g/mol. The molecule has 1 aliphatic heterocycles. The highest BCUT2D eigenvalue weighted by Crippen LogP contribution is 2.41. The molecule has 0 unspecified atom stereocenters. The van der Waals surface area contributed by atoms with Crippen molar-refractivity contribution in [3.05, 3.63) is 81.4 Å². The van der Waals surface area contributed by atoms with Gasteiger partial charge in [0.2, 0.25) is 0 Å². The Kier molecular flexibility index (Phi) is 6.77. The summed E-state index contributed by atoms with van der Waals surface area (Å²) >= 11 is 18.5. The Bertz CT molecular complexity index is 1130. The molecular weight excluding hydrogens is 461 g/mol. The van der Waals surface area contributed by atoms with Crippen LogP contribution in [0.4, 0.5) is 0 Å². The molecule has 3 heterocycles. The molecule has 2 atom stereocenters. The third-order valence-corrected chi connectivity index (χ3v) is 6.82. The fourth-order valence-electron chi connectivity index (χ4n) is 4.41. The molecule has 0 radical (unpaired) electrons. The zero-order chi connectivity index (χ0) is 23.0. The molecule has 4 rings (SSSR count). The van der Waals surface area contributed by atoms with Gasteiger partial charge in [0.1, 0.15) is 0 Å². The molecule has 1 N–H and O–H groups in total. The molecule has 0 amide bonds. The summed E-state index contributed by atoms with van der Waals surface area (Å²) in [6.07, 6.45) is 1.83. The lowest BCUT2D eigenvalue weighted by Crippen LogP contribution is -2.35. The third kappa shape index (κ3) is 4.37. The summed E-state index contributed by atoms with van der Waals surface area (Å²) in [5.41, 5.74) is 5.32. The Morgan fingerprint density at radius 2 is 1.91 bits per heavy atom. The second-order valence-electron chi connectivity index (χ2n) is 8.38. The second-order valence-corrected chi connectivity index (χ2v) is 9.61. The van der Waals surface area contributed by atoms with Gasteiger partial charge in [-0.1, -0.05) is 29.3 Å². The SMILES string of the molecule is Cc1cc([C@H]2[C@@H](c3ccccn3)NC(=S)N2CCN(C)C)c(C)n1-c1ccc(Cl)cc1Cl. The van der Waals surface area contributed by atoms with Gasteiger partial charge < -0.3 is 19.7 Å². The normalized spacial score (nSPS) is 18.5. The largest absolute Gasteiger partial charge is 0.352 e. The molecule has 1 aromatic carbocycles. The van der Waals surface area contributed by atoms with E-state index >= 15 is 0 Å². The van der Waals surface area contributed by atoms with Gasteiger partial charge in [0.05, 0.1) is 28.5 Å². The lowest BCUT2D eigenvalue weighted by atomic mass is 9.97. The van der Waals surface area contributed by atoms with Crippen molar-refractivity contribution < 1.29 is 0 Å². The van der Waals surface area contributed by atoms with Crippen molar-refractivity contribution in [2.24, 2.45) is 0 Å². The first kappa shape index (κ1) is 23.1. The van der Waals surface area contributed by atoms with Crippen LogP contribution in [0.1, 0.15) is 34.7 Å². The van der Waals surface area contributed by atoms with E-state index in [1.165, 1.54) is 5.56 Å². The van der Waals surface area contributed by atoms with Crippen molar-refractivity contribution in [1.29, 1.82) is 0 Å². The van der Waals surface area contributed by atoms with Crippen LogP contribution in [-0.4, -0.2) is 51.6 Å². The molecule has 2 aromatic heterocycles. The molecule has 0 spiro atoms. The van der Waals surface area contributed by atoms with Gasteiger partial charge in [-0.3, -0.25) is 4.98 Å². The topological polar surface area (TPSA) is 36.3 Å². The summed E-state index contributed by atoms with van der Waals surface area (Å²) < 4.78 is 2.19. The molecule has 0 saturated carbocycles. The first-order chi connectivity index (χ1) is 15.3. The average Bonchev–Trinajstić information content (AvgIpc) is 3.23. The predicted molar refractivity (Wildman–Crippen MR) is 136 cm³/mol. The van der Waals surface area contributed by atoms with Gasteiger partial charge in [-0.05, 0) is 82.1 Å². The third-order valence-electron chi connectivity index (χ3n) is 5.93. The molecule has 1 saturated heterocycles. The number of hydrogen-bond donors (Lipinski definition) is 1. The summed E-state index contributed by atoms with van der Waals surface area (Å²) in [5, 5.41) is 5.53. The van der Waals surface area contributed by atoms with Crippen LogP contribution in [0, 0.1) is 13.8 Å². The molecule has 0 aliphatic carbocycles. The molecule has 3 aromatic rings. The maximum atomic E-state index is 6.57. The summed E-state index contributed by atoms with van der Waals surface area (Å²) in [4.78, 5) is 9.09. The van der Waals surface area contributed by atoms with E-state index in [0.29, 0.717) is 10.0 Å². The van der Waals surface area contributed by atoms with E-state index in [4.69, 9.17) is 35.4 Å². The minimum Gasteiger partial charge on any atom is -0.352 e. The number of aryl methyl sites for hydroxylation is 1. The van der Waals surface area contributed by atoms with Crippen molar-refractivity contribution >= 4 is 40.5 Å². The lowest BCUT2D eigenvalue weighted by Gasteiger charge is -2.29. The fourth-order valence-corrected chi connectivity index (χ4v) is 5.24. The molecule has 168 valence electrons. The highest BCUT2D eigenvalue weighted by molar-refractivity contribution is 7.80. The molecule has 32 heavy (non-hydrogen) atoms. The zero-order valence-electron chi connectivity index (χ0n) is 18.6.